The summed E-state index contributed by atoms with van der Waals surface area (Å²) in [6.45, 7) is 7.00. The van der Waals surface area contributed by atoms with Gasteiger partial charge in [-0.2, -0.15) is 0 Å². The first-order chi connectivity index (χ1) is 9.04. The minimum atomic E-state index is 0.00299. The van der Waals surface area contributed by atoms with Gasteiger partial charge in [0, 0.05) is 11.0 Å². The Hall–Kier alpha value is -1.03. The molecule has 0 spiro atoms. The number of hydrogen-bond donors (Lipinski definition) is 0. The maximum Gasteiger partial charge on any atom is 0.258 e. The van der Waals surface area contributed by atoms with Crippen LogP contribution in [0, 0.1) is 0 Å². The smallest absolute Gasteiger partial charge is 0.258 e. The molecular weight excluding hydrogens is 306 g/mol. The van der Waals surface area contributed by atoms with Crippen LogP contribution in [-0.4, -0.2) is 29.5 Å². The van der Waals surface area contributed by atoms with Crippen molar-refractivity contribution in [3.8, 4) is 5.75 Å². The van der Waals surface area contributed by atoms with Gasteiger partial charge in [0.2, 0.25) is 0 Å². The fraction of sp³-hybridized carbons (Fsp3) is 0.533. The molecule has 4 heteroatoms. The number of unbranched alkanes of at least 4 members (excludes halogenated alkanes) is 1. The van der Waals surface area contributed by atoms with Crippen molar-refractivity contribution in [2.75, 3.05) is 6.54 Å². The van der Waals surface area contributed by atoms with Crippen molar-refractivity contribution in [3.63, 3.8) is 0 Å². The second kappa shape index (κ2) is 5.95. The molecule has 1 heterocycles. The van der Waals surface area contributed by atoms with Crippen LogP contribution >= 0.6 is 15.9 Å². The van der Waals surface area contributed by atoms with Gasteiger partial charge in [0.25, 0.3) is 5.91 Å². The molecule has 2 atom stereocenters. The zero-order valence-electron chi connectivity index (χ0n) is 11.6. The summed E-state index contributed by atoms with van der Waals surface area (Å²) in [5.41, 5.74) is 0.654. The van der Waals surface area contributed by atoms with Gasteiger partial charge in [0.1, 0.15) is 11.9 Å². The van der Waals surface area contributed by atoms with Crippen molar-refractivity contribution in [3.05, 3.63) is 28.2 Å². The number of amides is 1. The third kappa shape index (κ3) is 2.94. The van der Waals surface area contributed by atoms with Crippen molar-refractivity contribution in [2.45, 2.75) is 45.8 Å². The molecule has 1 amide bonds. The number of carbonyl (C=O) groups excluding carboxylic acids is 1. The van der Waals surface area contributed by atoms with Crippen LogP contribution < -0.4 is 4.74 Å². The average molecular weight is 326 g/mol. The van der Waals surface area contributed by atoms with Gasteiger partial charge in [-0.15, -0.1) is 0 Å². The molecule has 1 unspecified atom stereocenters. The van der Waals surface area contributed by atoms with Crippen LogP contribution in [0.4, 0.5) is 0 Å². The molecule has 0 N–H and O–H groups in total. The molecule has 1 aromatic rings. The molecule has 0 aromatic heterocycles. The fourth-order valence-electron chi connectivity index (χ4n) is 2.30. The number of rotatable bonds is 3. The highest BCUT2D eigenvalue weighted by atomic mass is 79.9. The van der Waals surface area contributed by atoms with Crippen LogP contribution in [0.25, 0.3) is 0 Å². The summed E-state index contributed by atoms with van der Waals surface area (Å²) < 4.78 is 6.82. The van der Waals surface area contributed by atoms with E-state index < -0.39 is 0 Å². The summed E-state index contributed by atoms with van der Waals surface area (Å²) in [7, 11) is 0. The predicted molar refractivity (Wildman–Crippen MR) is 79.6 cm³/mol. The predicted octanol–water partition coefficient (Wildman–Crippen LogP) is 3.86. The summed E-state index contributed by atoms with van der Waals surface area (Å²) in [5.74, 6) is 0.758. The SMILES string of the molecule is CCCCN1C(=O)c2cc(Br)ccc2OC(C)[C@H]1C. The zero-order chi connectivity index (χ0) is 14.0. The lowest BCUT2D eigenvalue weighted by Gasteiger charge is -2.30. The van der Waals surface area contributed by atoms with E-state index in [1.54, 1.807) is 0 Å². The Morgan fingerprint density at radius 1 is 1.37 bits per heavy atom. The van der Waals surface area contributed by atoms with E-state index in [4.69, 9.17) is 4.74 Å². The summed E-state index contributed by atoms with van der Waals surface area (Å²) in [5, 5.41) is 0. The number of carbonyl (C=O) groups is 1. The third-order valence-electron chi connectivity index (χ3n) is 3.67. The van der Waals surface area contributed by atoms with Gasteiger partial charge in [-0.25, -0.2) is 0 Å². The number of nitrogens with zero attached hydrogens (tertiary/aromatic N) is 1. The third-order valence-corrected chi connectivity index (χ3v) is 4.16. The lowest BCUT2D eigenvalue weighted by Crippen LogP contribution is -2.44. The normalized spacial score (nSPS) is 22.7. The van der Waals surface area contributed by atoms with E-state index in [0.29, 0.717) is 11.3 Å². The maximum absolute atomic E-state index is 12.7. The standard InChI is InChI=1S/C15H20BrNO2/c1-4-5-8-17-10(2)11(3)19-14-7-6-12(16)9-13(14)15(17)18/h6-7,9-11H,4-5,8H2,1-3H3/t10-,11?/m1/s1. The first-order valence-corrected chi connectivity index (χ1v) is 7.61. The number of fused-ring (bicyclic) bond motifs is 1. The fourth-order valence-corrected chi connectivity index (χ4v) is 2.66. The lowest BCUT2D eigenvalue weighted by atomic mass is 10.1. The van der Waals surface area contributed by atoms with Gasteiger partial charge in [-0.3, -0.25) is 4.79 Å². The summed E-state index contributed by atoms with van der Waals surface area (Å²) >= 11 is 3.42. The topological polar surface area (TPSA) is 29.5 Å². The van der Waals surface area contributed by atoms with Gasteiger partial charge in [-0.05, 0) is 38.5 Å². The van der Waals surface area contributed by atoms with Crippen LogP contribution in [0.15, 0.2) is 22.7 Å². The molecule has 1 aromatic carbocycles. The van der Waals surface area contributed by atoms with Gasteiger partial charge >= 0.3 is 0 Å². The maximum atomic E-state index is 12.7. The highest BCUT2D eigenvalue weighted by Gasteiger charge is 2.32. The van der Waals surface area contributed by atoms with Crippen LogP contribution in [0.5, 0.6) is 5.75 Å². The summed E-state index contributed by atoms with van der Waals surface area (Å²) in [6.07, 6.45) is 2.10. The molecule has 1 aliphatic rings. The first-order valence-electron chi connectivity index (χ1n) is 6.81. The van der Waals surface area contributed by atoms with Crippen molar-refractivity contribution < 1.29 is 9.53 Å². The average Bonchev–Trinajstić information content (AvgIpc) is 2.47. The first kappa shape index (κ1) is 14.4. The van der Waals surface area contributed by atoms with E-state index in [2.05, 4.69) is 29.8 Å². The van der Waals surface area contributed by atoms with Gasteiger partial charge < -0.3 is 9.64 Å². The molecule has 0 aliphatic carbocycles. The Morgan fingerprint density at radius 3 is 2.79 bits per heavy atom. The Bertz CT molecular complexity index is 475. The highest BCUT2D eigenvalue weighted by molar-refractivity contribution is 9.10. The molecule has 19 heavy (non-hydrogen) atoms. The minimum absolute atomic E-state index is 0.00299. The highest BCUT2D eigenvalue weighted by Crippen LogP contribution is 2.30. The van der Waals surface area contributed by atoms with E-state index in [1.807, 2.05) is 30.0 Å². The number of hydrogen-bond acceptors (Lipinski definition) is 2. The van der Waals surface area contributed by atoms with Crippen LogP contribution in [-0.2, 0) is 0 Å². The van der Waals surface area contributed by atoms with Crippen molar-refractivity contribution in [1.29, 1.82) is 0 Å². The molecule has 3 nitrogen and oxygen atoms in total. The van der Waals surface area contributed by atoms with Gasteiger partial charge in [0.05, 0.1) is 11.6 Å². The van der Waals surface area contributed by atoms with E-state index >= 15 is 0 Å². The van der Waals surface area contributed by atoms with Gasteiger partial charge in [0.15, 0.2) is 0 Å². The quantitative estimate of drug-likeness (QED) is 0.844. The molecule has 0 saturated carbocycles. The van der Waals surface area contributed by atoms with Gasteiger partial charge in [-0.1, -0.05) is 29.3 Å². The number of benzene rings is 1. The van der Waals surface area contributed by atoms with Crippen molar-refractivity contribution in [2.24, 2.45) is 0 Å². The molecule has 1 aliphatic heterocycles. The van der Waals surface area contributed by atoms with E-state index in [0.717, 1.165) is 23.9 Å². The second-order valence-corrected chi connectivity index (χ2v) is 5.97. The van der Waals surface area contributed by atoms with Crippen LogP contribution in [0.3, 0.4) is 0 Å². The van der Waals surface area contributed by atoms with E-state index in [9.17, 15) is 4.79 Å². The monoisotopic (exact) mass is 325 g/mol. The Labute approximate surface area is 123 Å². The molecule has 0 fully saturated rings. The van der Waals surface area contributed by atoms with Crippen LogP contribution in [0.1, 0.15) is 44.0 Å². The van der Waals surface area contributed by atoms with Crippen molar-refractivity contribution in [1.82, 2.24) is 4.90 Å². The Balaban J connectivity index is 2.38. The molecule has 0 radical (unpaired) electrons. The lowest BCUT2D eigenvalue weighted by molar-refractivity contribution is 0.0582. The number of ether oxygens (including phenoxy) is 1. The molecule has 104 valence electrons. The van der Waals surface area contributed by atoms with Crippen molar-refractivity contribution >= 4 is 21.8 Å². The number of halogens is 1. The van der Waals surface area contributed by atoms with E-state index in [1.165, 1.54) is 0 Å². The summed E-state index contributed by atoms with van der Waals surface area (Å²) in [4.78, 5) is 14.6. The Morgan fingerprint density at radius 2 is 2.11 bits per heavy atom. The molecule has 2 rings (SSSR count). The minimum Gasteiger partial charge on any atom is -0.488 e. The zero-order valence-corrected chi connectivity index (χ0v) is 13.2. The van der Waals surface area contributed by atoms with E-state index in [-0.39, 0.29) is 18.1 Å². The Kier molecular flexibility index (Phi) is 4.50. The second-order valence-electron chi connectivity index (χ2n) is 5.06. The molecule has 0 bridgehead atoms. The largest absolute Gasteiger partial charge is 0.488 e. The molecule has 0 saturated heterocycles. The van der Waals surface area contributed by atoms with Crippen LogP contribution in [0.2, 0.25) is 0 Å². The molecular formula is C15H20BrNO2. The summed E-state index contributed by atoms with van der Waals surface area (Å²) in [6, 6.07) is 5.71.